The SMILES string of the molecule is CCCCCOc1ccc(CCCNCCC(=O)O)cc1. The molecule has 0 radical (unpaired) electrons. The zero-order chi connectivity index (χ0) is 15.3. The van der Waals surface area contributed by atoms with E-state index in [1.54, 1.807) is 0 Å². The molecule has 0 aliphatic heterocycles. The van der Waals surface area contributed by atoms with Crippen LogP contribution < -0.4 is 10.1 Å². The minimum Gasteiger partial charge on any atom is -0.494 e. The molecule has 1 rings (SSSR count). The fraction of sp³-hybridized carbons (Fsp3) is 0.588. The first-order valence-corrected chi connectivity index (χ1v) is 7.86. The van der Waals surface area contributed by atoms with E-state index in [0.717, 1.165) is 38.2 Å². The Morgan fingerprint density at radius 2 is 1.90 bits per heavy atom. The normalized spacial score (nSPS) is 10.5. The average Bonchev–Trinajstić information content (AvgIpc) is 2.48. The molecular formula is C17H27NO3. The lowest BCUT2D eigenvalue weighted by molar-refractivity contribution is -0.136. The van der Waals surface area contributed by atoms with Crippen molar-refractivity contribution in [2.75, 3.05) is 19.7 Å². The molecule has 2 N–H and O–H groups in total. The molecule has 118 valence electrons. The van der Waals surface area contributed by atoms with Gasteiger partial charge < -0.3 is 15.2 Å². The van der Waals surface area contributed by atoms with Crippen LogP contribution in [0.3, 0.4) is 0 Å². The molecule has 0 bridgehead atoms. The average molecular weight is 293 g/mol. The lowest BCUT2D eigenvalue weighted by atomic mass is 10.1. The van der Waals surface area contributed by atoms with Crippen LogP contribution in [0.5, 0.6) is 5.75 Å². The number of carboxylic acids is 1. The fourth-order valence-electron chi connectivity index (χ4n) is 2.03. The van der Waals surface area contributed by atoms with E-state index in [9.17, 15) is 4.79 Å². The lowest BCUT2D eigenvalue weighted by Gasteiger charge is -2.07. The van der Waals surface area contributed by atoms with Crippen molar-refractivity contribution in [3.63, 3.8) is 0 Å². The second kappa shape index (κ2) is 11.1. The summed E-state index contributed by atoms with van der Waals surface area (Å²) in [5, 5.41) is 11.6. The Labute approximate surface area is 127 Å². The Morgan fingerprint density at radius 3 is 2.57 bits per heavy atom. The van der Waals surface area contributed by atoms with Crippen molar-refractivity contribution in [1.82, 2.24) is 5.32 Å². The molecule has 0 aliphatic carbocycles. The molecule has 0 fully saturated rings. The smallest absolute Gasteiger partial charge is 0.304 e. The maximum Gasteiger partial charge on any atom is 0.304 e. The Morgan fingerprint density at radius 1 is 1.14 bits per heavy atom. The monoisotopic (exact) mass is 293 g/mol. The standard InChI is InChI=1S/C17H27NO3/c1-2-3-4-14-21-16-9-7-15(8-10-16)6-5-12-18-13-11-17(19)20/h7-10,18H,2-6,11-14H2,1H3,(H,19,20). The summed E-state index contributed by atoms with van der Waals surface area (Å²) in [6.45, 7) is 4.37. The summed E-state index contributed by atoms with van der Waals surface area (Å²) in [6.07, 6.45) is 5.73. The van der Waals surface area contributed by atoms with E-state index in [1.165, 1.54) is 18.4 Å². The number of aryl methyl sites for hydroxylation is 1. The molecule has 0 atom stereocenters. The largest absolute Gasteiger partial charge is 0.494 e. The van der Waals surface area contributed by atoms with Crippen molar-refractivity contribution in [3.05, 3.63) is 29.8 Å². The molecule has 1 aromatic carbocycles. The van der Waals surface area contributed by atoms with Crippen LogP contribution in [0.25, 0.3) is 0 Å². The van der Waals surface area contributed by atoms with Crippen molar-refractivity contribution in [2.45, 2.75) is 45.4 Å². The first-order chi connectivity index (χ1) is 10.2. The van der Waals surface area contributed by atoms with Gasteiger partial charge in [-0.05, 0) is 43.5 Å². The van der Waals surface area contributed by atoms with E-state index in [-0.39, 0.29) is 6.42 Å². The highest BCUT2D eigenvalue weighted by molar-refractivity contribution is 5.66. The maximum atomic E-state index is 10.3. The molecule has 0 saturated carbocycles. The number of aliphatic carboxylic acids is 1. The number of carbonyl (C=O) groups is 1. The second-order valence-electron chi connectivity index (χ2n) is 5.20. The van der Waals surface area contributed by atoms with Gasteiger partial charge in [0.1, 0.15) is 5.75 Å². The maximum absolute atomic E-state index is 10.3. The molecule has 0 spiro atoms. The molecule has 0 unspecified atom stereocenters. The summed E-state index contributed by atoms with van der Waals surface area (Å²) in [5.41, 5.74) is 1.29. The number of rotatable bonds is 12. The van der Waals surface area contributed by atoms with Crippen molar-refractivity contribution in [1.29, 1.82) is 0 Å². The molecule has 4 nitrogen and oxygen atoms in total. The number of hydrogen-bond acceptors (Lipinski definition) is 3. The highest BCUT2D eigenvalue weighted by Gasteiger charge is 1.98. The number of ether oxygens (including phenoxy) is 1. The van der Waals surface area contributed by atoms with Gasteiger partial charge in [0.25, 0.3) is 0 Å². The van der Waals surface area contributed by atoms with Crippen molar-refractivity contribution in [2.24, 2.45) is 0 Å². The summed E-state index contributed by atoms with van der Waals surface area (Å²) in [5.74, 6) is 0.187. The number of unbranched alkanes of at least 4 members (excludes halogenated alkanes) is 2. The van der Waals surface area contributed by atoms with Gasteiger partial charge in [0, 0.05) is 6.54 Å². The van der Waals surface area contributed by atoms with Gasteiger partial charge >= 0.3 is 5.97 Å². The van der Waals surface area contributed by atoms with Crippen LogP contribution in [0.2, 0.25) is 0 Å². The molecule has 0 aliphatic rings. The zero-order valence-corrected chi connectivity index (χ0v) is 12.9. The lowest BCUT2D eigenvalue weighted by Crippen LogP contribution is -2.19. The van der Waals surface area contributed by atoms with Crippen LogP contribution in [0.1, 0.15) is 44.6 Å². The highest BCUT2D eigenvalue weighted by Crippen LogP contribution is 2.13. The van der Waals surface area contributed by atoms with Crippen LogP contribution in [0.15, 0.2) is 24.3 Å². The van der Waals surface area contributed by atoms with Crippen molar-refractivity contribution >= 4 is 5.97 Å². The summed E-state index contributed by atoms with van der Waals surface area (Å²) >= 11 is 0. The Bertz CT molecular complexity index is 390. The van der Waals surface area contributed by atoms with Gasteiger partial charge in [0.2, 0.25) is 0 Å². The third-order valence-electron chi connectivity index (χ3n) is 3.27. The minimum atomic E-state index is -0.753. The molecular weight excluding hydrogens is 266 g/mol. The number of benzene rings is 1. The summed E-state index contributed by atoms with van der Waals surface area (Å²) in [6, 6.07) is 8.26. The van der Waals surface area contributed by atoms with Gasteiger partial charge in [-0.1, -0.05) is 31.9 Å². The number of carboxylic acid groups (broad SMARTS) is 1. The first kappa shape index (κ1) is 17.5. The van der Waals surface area contributed by atoms with Gasteiger partial charge in [-0.3, -0.25) is 4.79 Å². The molecule has 21 heavy (non-hydrogen) atoms. The number of nitrogens with one attached hydrogen (secondary N) is 1. The molecule has 0 aromatic heterocycles. The van der Waals surface area contributed by atoms with E-state index >= 15 is 0 Å². The molecule has 4 heteroatoms. The Hall–Kier alpha value is -1.55. The quantitative estimate of drug-likeness (QED) is 0.581. The predicted molar refractivity (Wildman–Crippen MR) is 84.9 cm³/mol. The third-order valence-corrected chi connectivity index (χ3v) is 3.27. The molecule has 0 amide bonds. The molecule has 1 aromatic rings. The Kier molecular flexibility index (Phi) is 9.29. The van der Waals surface area contributed by atoms with Crippen LogP contribution in [0, 0.1) is 0 Å². The second-order valence-corrected chi connectivity index (χ2v) is 5.20. The van der Waals surface area contributed by atoms with Crippen LogP contribution in [-0.4, -0.2) is 30.8 Å². The molecule has 0 heterocycles. The first-order valence-electron chi connectivity index (χ1n) is 7.86. The zero-order valence-electron chi connectivity index (χ0n) is 12.9. The molecule has 0 saturated heterocycles. The minimum absolute atomic E-state index is 0.185. The summed E-state index contributed by atoms with van der Waals surface area (Å²) in [7, 11) is 0. The topological polar surface area (TPSA) is 58.6 Å². The van der Waals surface area contributed by atoms with Crippen LogP contribution in [-0.2, 0) is 11.2 Å². The van der Waals surface area contributed by atoms with Gasteiger partial charge in [0.05, 0.1) is 13.0 Å². The Balaban J connectivity index is 2.11. The fourth-order valence-corrected chi connectivity index (χ4v) is 2.03. The van der Waals surface area contributed by atoms with E-state index in [0.29, 0.717) is 6.54 Å². The van der Waals surface area contributed by atoms with Crippen molar-refractivity contribution in [3.8, 4) is 5.75 Å². The van der Waals surface area contributed by atoms with E-state index in [4.69, 9.17) is 9.84 Å². The van der Waals surface area contributed by atoms with Crippen LogP contribution >= 0.6 is 0 Å². The summed E-state index contributed by atoms with van der Waals surface area (Å²) in [4.78, 5) is 10.3. The van der Waals surface area contributed by atoms with E-state index in [1.807, 2.05) is 12.1 Å². The van der Waals surface area contributed by atoms with Gasteiger partial charge in [-0.25, -0.2) is 0 Å². The van der Waals surface area contributed by atoms with Gasteiger partial charge in [-0.15, -0.1) is 0 Å². The van der Waals surface area contributed by atoms with Crippen LogP contribution in [0.4, 0.5) is 0 Å². The predicted octanol–water partition coefficient (Wildman–Crippen LogP) is 3.25. The van der Waals surface area contributed by atoms with E-state index < -0.39 is 5.97 Å². The van der Waals surface area contributed by atoms with E-state index in [2.05, 4.69) is 24.4 Å². The summed E-state index contributed by atoms with van der Waals surface area (Å²) < 4.78 is 5.68. The van der Waals surface area contributed by atoms with Gasteiger partial charge in [-0.2, -0.15) is 0 Å². The van der Waals surface area contributed by atoms with Crippen molar-refractivity contribution < 1.29 is 14.6 Å². The van der Waals surface area contributed by atoms with Gasteiger partial charge in [0.15, 0.2) is 0 Å². The third kappa shape index (κ3) is 9.08. The highest BCUT2D eigenvalue weighted by atomic mass is 16.5. The number of hydrogen-bond donors (Lipinski definition) is 2.